The Morgan fingerprint density at radius 1 is 1.41 bits per heavy atom. The predicted molar refractivity (Wildman–Crippen MR) is 69.9 cm³/mol. The summed E-state index contributed by atoms with van der Waals surface area (Å²) < 4.78 is 5.63. The number of methoxy groups -OCH3 is 1. The maximum atomic E-state index is 5.63. The van der Waals surface area contributed by atoms with Gasteiger partial charge in [0, 0.05) is 32.8 Å². The van der Waals surface area contributed by atoms with Gasteiger partial charge in [0.05, 0.1) is 12.1 Å². The smallest absolute Gasteiger partial charge is 0.0802 e. The van der Waals surface area contributed by atoms with Crippen molar-refractivity contribution in [2.45, 2.75) is 43.7 Å². The first kappa shape index (κ1) is 12.9. The van der Waals surface area contributed by atoms with Crippen molar-refractivity contribution < 1.29 is 4.74 Å². The summed E-state index contributed by atoms with van der Waals surface area (Å²) in [5.74, 6) is 2.72. The Morgan fingerprint density at radius 3 is 2.59 bits per heavy atom. The average Bonchev–Trinajstić information content (AvgIpc) is 2.31. The van der Waals surface area contributed by atoms with Crippen molar-refractivity contribution in [2.24, 2.45) is 0 Å². The van der Waals surface area contributed by atoms with Crippen molar-refractivity contribution in [3.63, 3.8) is 0 Å². The van der Waals surface area contributed by atoms with E-state index in [9.17, 15) is 0 Å². The third-order valence-corrected chi connectivity index (χ3v) is 4.31. The summed E-state index contributed by atoms with van der Waals surface area (Å²) in [5.41, 5.74) is 0.149. The molecule has 0 aromatic heterocycles. The van der Waals surface area contributed by atoms with Crippen molar-refractivity contribution in [3.8, 4) is 12.3 Å². The van der Waals surface area contributed by atoms with Gasteiger partial charge in [-0.3, -0.25) is 4.90 Å². The van der Waals surface area contributed by atoms with Crippen LogP contribution in [0.4, 0.5) is 0 Å². The number of piperidine rings is 1. The second kappa shape index (κ2) is 5.86. The van der Waals surface area contributed by atoms with E-state index >= 15 is 0 Å². The molecule has 0 spiro atoms. The minimum absolute atomic E-state index is 0.149. The van der Waals surface area contributed by atoms with Crippen LogP contribution in [-0.4, -0.2) is 49.8 Å². The van der Waals surface area contributed by atoms with E-state index in [1.54, 1.807) is 0 Å². The van der Waals surface area contributed by atoms with E-state index in [4.69, 9.17) is 11.2 Å². The van der Waals surface area contributed by atoms with Gasteiger partial charge in [0.2, 0.25) is 0 Å². The van der Waals surface area contributed by atoms with Gasteiger partial charge >= 0.3 is 0 Å². The summed E-state index contributed by atoms with van der Waals surface area (Å²) in [6.45, 7) is 4.07. The molecule has 2 rings (SSSR count). The Balaban J connectivity index is 1.66. The van der Waals surface area contributed by atoms with Gasteiger partial charge in [-0.2, -0.15) is 0 Å². The van der Waals surface area contributed by atoms with Gasteiger partial charge in [0.25, 0.3) is 0 Å². The number of hydrogen-bond donors (Lipinski definition) is 1. The maximum absolute atomic E-state index is 5.63. The van der Waals surface area contributed by atoms with E-state index in [1.165, 1.54) is 32.1 Å². The van der Waals surface area contributed by atoms with Gasteiger partial charge in [-0.1, -0.05) is 5.92 Å². The zero-order valence-electron chi connectivity index (χ0n) is 10.9. The van der Waals surface area contributed by atoms with E-state index in [2.05, 4.69) is 16.1 Å². The van der Waals surface area contributed by atoms with Crippen LogP contribution < -0.4 is 5.32 Å². The van der Waals surface area contributed by atoms with Crippen LogP contribution in [0.2, 0.25) is 0 Å². The highest BCUT2D eigenvalue weighted by Crippen LogP contribution is 2.34. The molecule has 2 fully saturated rings. The number of likely N-dealkylation sites (tertiary alicyclic amines) is 1. The van der Waals surface area contributed by atoms with Gasteiger partial charge in [-0.15, -0.1) is 6.42 Å². The molecule has 1 aliphatic carbocycles. The van der Waals surface area contributed by atoms with Crippen LogP contribution in [0.15, 0.2) is 0 Å². The number of rotatable bonds is 5. The van der Waals surface area contributed by atoms with Crippen LogP contribution in [-0.2, 0) is 4.74 Å². The molecule has 0 aromatic rings. The highest BCUT2D eigenvalue weighted by Gasteiger charge is 2.37. The number of nitrogens with one attached hydrogen (secondary N) is 1. The third-order valence-electron chi connectivity index (χ3n) is 4.31. The summed E-state index contributed by atoms with van der Waals surface area (Å²) in [6, 6.07) is 0.650. The van der Waals surface area contributed by atoms with Gasteiger partial charge in [0.1, 0.15) is 0 Å². The molecule has 0 atom stereocenters. The fraction of sp³-hybridized carbons (Fsp3) is 0.857. The SMILES string of the molecule is C#CCN1CCC(NCC2(OC)CCC2)CC1. The molecule has 2 aliphatic rings. The Labute approximate surface area is 105 Å². The molecule has 1 saturated heterocycles. The molecule has 0 aromatic carbocycles. The molecule has 1 N–H and O–H groups in total. The van der Waals surface area contributed by atoms with Crippen molar-refractivity contribution in [1.82, 2.24) is 10.2 Å². The van der Waals surface area contributed by atoms with Crippen LogP contribution in [0, 0.1) is 12.3 Å². The second-order valence-electron chi connectivity index (χ2n) is 5.38. The Morgan fingerprint density at radius 2 is 2.12 bits per heavy atom. The molecule has 1 aliphatic heterocycles. The molecular formula is C14H24N2O. The summed E-state index contributed by atoms with van der Waals surface area (Å²) in [4.78, 5) is 2.35. The number of ether oxygens (including phenoxy) is 1. The van der Waals surface area contributed by atoms with Crippen molar-refractivity contribution in [2.75, 3.05) is 33.3 Å². The molecule has 0 bridgehead atoms. The van der Waals surface area contributed by atoms with Crippen molar-refractivity contribution in [1.29, 1.82) is 0 Å². The second-order valence-corrected chi connectivity index (χ2v) is 5.38. The molecule has 1 saturated carbocycles. The summed E-state index contributed by atoms with van der Waals surface area (Å²) in [5, 5.41) is 3.67. The molecule has 1 heterocycles. The topological polar surface area (TPSA) is 24.5 Å². The van der Waals surface area contributed by atoms with Gasteiger partial charge in [-0.05, 0) is 32.1 Å². The minimum Gasteiger partial charge on any atom is -0.377 e. The van der Waals surface area contributed by atoms with E-state index in [-0.39, 0.29) is 5.60 Å². The lowest BCUT2D eigenvalue weighted by Crippen LogP contribution is -2.52. The summed E-state index contributed by atoms with van der Waals surface area (Å²) >= 11 is 0. The monoisotopic (exact) mass is 236 g/mol. The lowest BCUT2D eigenvalue weighted by Gasteiger charge is -2.42. The molecular weight excluding hydrogens is 212 g/mol. The fourth-order valence-corrected chi connectivity index (χ4v) is 2.78. The molecule has 3 heteroatoms. The van der Waals surface area contributed by atoms with E-state index in [0.29, 0.717) is 6.04 Å². The van der Waals surface area contributed by atoms with Crippen LogP contribution in [0.25, 0.3) is 0 Å². The zero-order valence-corrected chi connectivity index (χ0v) is 10.9. The minimum atomic E-state index is 0.149. The van der Waals surface area contributed by atoms with E-state index in [1.807, 2.05) is 7.11 Å². The normalized spacial score (nSPS) is 25.2. The quantitative estimate of drug-likeness (QED) is 0.727. The third kappa shape index (κ3) is 3.22. The van der Waals surface area contributed by atoms with Crippen molar-refractivity contribution >= 4 is 0 Å². The lowest BCUT2D eigenvalue weighted by atomic mass is 9.79. The predicted octanol–water partition coefficient (Wildman–Crippen LogP) is 1.24. The molecule has 17 heavy (non-hydrogen) atoms. The van der Waals surface area contributed by atoms with Gasteiger partial charge in [0.15, 0.2) is 0 Å². The number of terminal acetylenes is 1. The lowest BCUT2D eigenvalue weighted by molar-refractivity contribution is -0.0716. The Kier molecular flexibility index (Phi) is 4.44. The van der Waals surface area contributed by atoms with E-state index in [0.717, 1.165) is 26.2 Å². The van der Waals surface area contributed by atoms with Crippen molar-refractivity contribution in [3.05, 3.63) is 0 Å². The van der Waals surface area contributed by atoms with Gasteiger partial charge < -0.3 is 10.1 Å². The molecule has 0 unspecified atom stereocenters. The number of nitrogens with zero attached hydrogens (tertiary/aromatic N) is 1. The molecule has 96 valence electrons. The van der Waals surface area contributed by atoms with Crippen LogP contribution in [0.1, 0.15) is 32.1 Å². The fourth-order valence-electron chi connectivity index (χ4n) is 2.78. The summed E-state index contributed by atoms with van der Waals surface area (Å²) in [6.07, 6.45) is 11.5. The molecule has 3 nitrogen and oxygen atoms in total. The average molecular weight is 236 g/mol. The Bertz CT molecular complexity index is 267. The Hall–Kier alpha value is -0.560. The van der Waals surface area contributed by atoms with Gasteiger partial charge in [-0.25, -0.2) is 0 Å². The van der Waals surface area contributed by atoms with Crippen LogP contribution in [0.3, 0.4) is 0 Å². The number of hydrogen-bond acceptors (Lipinski definition) is 3. The zero-order chi connectivity index (χ0) is 12.1. The molecule has 0 radical (unpaired) electrons. The van der Waals surface area contributed by atoms with Crippen LogP contribution in [0.5, 0.6) is 0 Å². The first-order valence-electron chi connectivity index (χ1n) is 6.72. The highest BCUT2D eigenvalue weighted by molar-refractivity contribution is 4.94. The standard InChI is InChI=1S/C14H24N2O/c1-3-9-16-10-5-13(6-11-16)15-12-14(17-2)7-4-8-14/h1,13,15H,4-12H2,2H3. The first-order valence-corrected chi connectivity index (χ1v) is 6.72. The first-order chi connectivity index (χ1) is 8.28. The molecule has 0 amide bonds. The maximum Gasteiger partial charge on any atom is 0.0802 e. The highest BCUT2D eigenvalue weighted by atomic mass is 16.5. The summed E-state index contributed by atoms with van der Waals surface area (Å²) in [7, 11) is 1.84. The van der Waals surface area contributed by atoms with E-state index < -0.39 is 0 Å². The largest absolute Gasteiger partial charge is 0.377 e. The van der Waals surface area contributed by atoms with Crippen LogP contribution >= 0.6 is 0 Å².